The topological polar surface area (TPSA) is 105 Å². The Kier molecular flexibility index (Phi) is 48.7. The molecule has 396 valence electrons. The molecule has 0 fully saturated rings. The second kappa shape index (κ2) is 49.7. The van der Waals surface area contributed by atoms with Crippen LogP contribution in [0, 0.1) is 0 Å². The summed E-state index contributed by atoms with van der Waals surface area (Å²) in [5.41, 5.74) is 0. The van der Waals surface area contributed by atoms with Crippen LogP contribution in [0.5, 0.6) is 0 Å². The summed E-state index contributed by atoms with van der Waals surface area (Å²) in [6.45, 7) is 4.78. The zero-order chi connectivity index (χ0) is 49.2. The van der Waals surface area contributed by atoms with Gasteiger partial charge in [0.25, 0.3) is 0 Å². The third-order valence-electron chi connectivity index (χ3n) is 13.1. The Hall–Kier alpha value is -1.28. The number of unbranched alkanes of at least 4 members (excludes halogenated alkanes) is 36. The van der Waals surface area contributed by atoms with Gasteiger partial charge in [-0.05, 0) is 57.8 Å². The first-order valence-electron chi connectivity index (χ1n) is 28.9. The molecule has 1 amide bonds. The van der Waals surface area contributed by atoms with E-state index in [2.05, 4.69) is 43.5 Å². The molecular formula is C58H114N2O6P+. The van der Waals surface area contributed by atoms with Gasteiger partial charge >= 0.3 is 7.82 Å². The number of aliphatic hydroxyl groups is 1. The maximum atomic E-state index is 12.9. The highest BCUT2D eigenvalue weighted by Crippen LogP contribution is 2.43. The quantitative estimate of drug-likeness (QED) is 0.0243. The number of nitrogens with zero attached hydrogens (tertiary/aromatic N) is 1. The highest BCUT2D eigenvalue weighted by Gasteiger charge is 2.27. The number of rotatable bonds is 53. The van der Waals surface area contributed by atoms with Crippen molar-refractivity contribution in [1.82, 2.24) is 5.32 Å². The summed E-state index contributed by atoms with van der Waals surface area (Å²) in [6.07, 6.45) is 64.3. The van der Waals surface area contributed by atoms with Gasteiger partial charge in [0.2, 0.25) is 5.91 Å². The summed E-state index contributed by atoms with van der Waals surface area (Å²) in [5, 5.41) is 13.8. The highest BCUT2D eigenvalue weighted by molar-refractivity contribution is 7.47. The molecule has 8 nitrogen and oxygen atoms in total. The molecule has 0 bridgehead atoms. The van der Waals surface area contributed by atoms with Gasteiger partial charge in [-0.2, -0.15) is 0 Å². The summed E-state index contributed by atoms with van der Waals surface area (Å²) >= 11 is 0. The van der Waals surface area contributed by atoms with Gasteiger partial charge in [0.05, 0.1) is 39.9 Å². The molecule has 0 rings (SSSR count). The minimum Gasteiger partial charge on any atom is -0.387 e. The van der Waals surface area contributed by atoms with E-state index in [0.29, 0.717) is 17.4 Å². The van der Waals surface area contributed by atoms with Crippen LogP contribution in [0.4, 0.5) is 0 Å². The molecule has 0 aliphatic heterocycles. The fourth-order valence-electron chi connectivity index (χ4n) is 8.53. The first-order valence-corrected chi connectivity index (χ1v) is 30.4. The Labute approximate surface area is 417 Å². The van der Waals surface area contributed by atoms with E-state index in [-0.39, 0.29) is 19.1 Å². The molecule has 0 aliphatic rings. The van der Waals surface area contributed by atoms with Crippen molar-refractivity contribution in [2.45, 2.75) is 289 Å². The van der Waals surface area contributed by atoms with Gasteiger partial charge < -0.3 is 19.8 Å². The van der Waals surface area contributed by atoms with Crippen LogP contribution in [0.15, 0.2) is 36.5 Å². The van der Waals surface area contributed by atoms with Crippen molar-refractivity contribution in [3.8, 4) is 0 Å². The fourth-order valence-corrected chi connectivity index (χ4v) is 9.26. The Morgan fingerprint density at radius 1 is 0.493 bits per heavy atom. The van der Waals surface area contributed by atoms with Crippen molar-refractivity contribution >= 4 is 13.7 Å². The van der Waals surface area contributed by atoms with Crippen LogP contribution < -0.4 is 5.32 Å². The lowest BCUT2D eigenvalue weighted by molar-refractivity contribution is -0.870. The number of quaternary nitrogens is 1. The fraction of sp³-hybridized carbons (Fsp3) is 0.879. The van der Waals surface area contributed by atoms with E-state index in [0.717, 1.165) is 38.5 Å². The summed E-state index contributed by atoms with van der Waals surface area (Å²) in [6, 6.07) is -0.860. The Morgan fingerprint density at radius 2 is 0.821 bits per heavy atom. The number of likely N-dealkylation sites (N-methyl/N-ethyl adjacent to an activating group) is 1. The van der Waals surface area contributed by atoms with Crippen molar-refractivity contribution in [3.63, 3.8) is 0 Å². The van der Waals surface area contributed by atoms with Crippen LogP contribution in [0.3, 0.4) is 0 Å². The average molecular weight is 967 g/mol. The third kappa shape index (κ3) is 52.4. The van der Waals surface area contributed by atoms with Crippen LogP contribution in [0.25, 0.3) is 0 Å². The van der Waals surface area contributed by atoms with Crippen LogP contribution in [0.2, 0.25) is 0 Å². The number of aliphatic hydroxyl groups excluding tert-OH is 1. The molecule has 0 aromatic carbocycles. The van der Waals surface area contributed by atoms with E-state index in [9.17, 15) is 19.4 Å². The SMILES string of the molecule is CCCCCC/C=C/CC/C=C/C(O)C(COP(=O)(O)OCC[N+](C)(C)C)NC(=O)CCCCCCCCCCCCCCCCCCC/C=C\CCCCCCCCCCCCCCCC. The highest BCUT2D eigenvalue weighted by atomic mass is 31.2. The lowest BCUT2D eigenvalue weighted by Crippen LogP contribution is -2.45. The van der Waals surface area contributed by atoms with Gasteiger partial charge in [-0.15, -0.1) is 0 Å². The zero-order valence-electron chi connectivity index (χ0n) is 45.2. The van der Waals surface area contributed by atoms with Crippen LogP contribution >= 0.6 is 7.82 Å². The molecule has 3 unspecified atom stereocenters. The number of phosphoric ester groups is 1. The second-order valence-electron chi connectivity index (χ2n) is 21.0. The van der Waals surface area contributed by atoms with Crippen LogP contribution in [-0.2, 0) is 18.4 Å². The average Bonchev–Trinajstić information content (AvgIpc) is 3.29. The summed E-state index contributed by atoms with van der Waals surface area (Å²) in [4.78, 5) is 23.2. The minimum absolute atomic E-state index is 0.0569. The number of carbonyl (C=O) groups excluding carboxylic acids is 1. The van der Waals surface area contributed by atoms with Gasteiger partial charge in [-0.3, -0.25) is 13.8 Å². The van der Waals surface area contributed by atoms with E-state index in [1.165, 1.54) is 218 Å². The molecule has 0 radical (unpaired) electrons. The molecule has 0 aliphatic carbocycles. The number of allylic oxidation sites excluding steroid dienone is 5. The molecule has 67 heavy (non-hydrogen) atoms. The normalized spacial score (nSPS) is 14.2. The molecule has 3 atom stereocenters. The summed E-state index contributed by atoms with van der Waals surface area (Å²) < 4.78 is 23.6. The predicted molar refractivity (Wildman–Crippen MR) is 291 cm³/mol. The molecule has 3 N–H and O–H groups in total. The van der Waals surface area contributed by atoms with E-state index in [1.54, 1.807) is 6.08 Å². The lowest BCUT2D eigenvalue weighted by Gasteiger charge is -2.25. The number of nitrogens with one attached hydrogen (secondary N) is 1. The first kappa shape index (κ1) is 65.7. The maximum Gasteiger partial charge on any atom is 0.472 e. The molecule has 0 spiro atoms. The molecule has 9 heteroatoms. The monoisotopic (exact) mass is 966 g/mol. The standard InChI is InChI=1S/C58H113N2O6P/c1-6-8-10-12-14-16-18-19-20-21-22-23-24-25-26-27-28-29-30-31-32-33-34-35-36-37-38-39-40-41-42-44-46-48-50-52-58(62)59-56(55-66-67(63,64)65-54-53-60(3,4)5)57(61)51-49-47-45-43-17-15-13-11-9-7-2/h17,27-28,43,49,51,56-57,61H,6-16,18-26,29-42,44-48,50,52-55H2,1-5H3,(H-,59,62,63,64)/p+1/b28-27-,43-17+,51-49+. The number of carbonyl (C=O) groups is 1. The predicted octanol–water partition coefficient (Wildman–Crippen LogP) is 17.4. The Balaban J connectivity index is 3.90. The van der Waals surface area contributed by atoms with E-state index in [1.807, 2.05) is 27.2 Å². The van der Waals surface area contributed by atoms with Gasteiger partial charge in [0.15, 0.2) is 0 Å². The molecule has 0 saturated heterocycles. The Bertz CT molecular complexity index is 1190. The van der Waals surface area contributed by atoms with Gasteiger partial charge in [0, 0.05) is 6.42 Å². The zero-order valence-corrected chi connectivity index (χ0v) is 46.0. The van der Waals surface area contributed by atoms with E-state index < -0.39 is 20.0 Å². The number of hydrogen-bond acceptors (Lipinski definition) is 5. The number of hydrogen-bond donors (Lipinski definition) is 3. The second-order valence-corrected chi connectivity index (χ2v) is 22.5. The molecule has 0 saturated carbocycles. The summed E-state index contributed by atoms with van der Waals surface area (Å²) in [5.74, 6) is -0.186. The third-order valence-corrected chi connectivity index (χ3v) is 14.1. The molecule has 0 aromatic rings. The van der Waals surface area contributed by atoms with Crippen molar-refractivity contribution in [3.05, 3.63) is 36.5 Å². The molecule has 0 aromatic heterocycles. The Morgan fingerprint density at radius 3 is 1.21 bits per heavy atom. The van der Waals surface area contributed by atoms with Crippen LogP contribution in [-0.4, -0.2) is 73.4 Å². The van der Waals surface area contributed by atoms with Gasteiger partial charge in [-0.25, -0.2) is 4.57 Å². The van der Waals surface area contributed by atoms with E-state index in [4.69, 9.17) is 9.05 Å². The number of phosphoric acid groups is 1. The van der Waals surface area contributed by atoms with Crippen molar-refractivity contribution in [1.29, 1.82) is 0 Å². The first-order chi connectivity index (χ1) is 32.5. The number of amides is 1. The molecular weight excluding hydrogens is 852 g/mol. The van der Waals surface area contributed by atoms with Crippen molar-refractivity contribution in [2.75, 3.05) is 40.9 Å². The summed E-state index contributed by atoms with van der Waals surface area (Å²) in [7, 11) is 1.56. The largest absolute Gasteiger partial charge is 0.472 e. The van der Waals surface area contributed by atoms with Crippen molar-refractivity contribution in [2.24, 2.45) is 0 Å². The van der Waals surface area contributed by atoms with Crippen LogP contribution in [0.1, 0.15) is 277 Å². The van der Waals surface area contributed by atoms with Gasteiger partial charge in [0.1, 0.15) is 13.2 Å². The van der Waals surface area contributed by atoms with Crippen molar-refractivity contribution < 1.29 is 32.9 Å². The molecule has 0 heterocycles. The maximum absolute atomic E-state index is 12.9. The lowest BCUT2D eigenvalue weighted by atomic mass is 10.0. The smallest absolute Gasteiger partial charge is 0.387 e. The van der Waals surface area contributed by atoms with E-state index >= 15 is 0 Å². The van der Waals surface area contributed by atoms with Gasteiger partial charge in [-0.1, -0.05) is 249 Å². The minimum atomic E-state index is -4.34.